The SMILES string of the molecule is COc1nc2cc(Cl)ccc2nc1NC(=O)O. The Morgan fingerprint density at radius 1 is 1.41 bits per heavy atom. The van der Waals surface area contributed by atoms with Gasteiger partial charge in [-0.1, -0.05) is 11.6 Å². The summed E-state index contributed by atoms with van der Waals surface area (Å²) in [5.74, 6) is 0.150. The van der Waals surface area contributed by atoms with Gasteiger partial charge in [0.1, 0.15) is 0 Å². The third-order valence-electron chi connectivity index (χ3n) is 2.01. The van der Waals surface area contributed by atoms with Crippen molar-refractivity contribution in [2.75, 3.05) is 12.4 Å². The monoisotopic (exact) mass is 253 g/mol. The number of amides is 1. The van der Waals surface area contributed by atoms with Gasteiger partial charge < -0.3 is 9.84 Å². The van der Waals surface area contributed by atoms with Crippen molar-refractivity contribution in [2.24, 2.45) is 0 Å². The standard InChI is InChI=1S/C10H8ClN3O3/c1-17-9-8(14-10(15)16)12-6-3-2-5(11)4-7(6)13-9/h2-4H,1H3,(H,12,14)(H,15,16). The maximum absolute atomic E-state index is 10.6. The molecule has 1 aromatic heterocycles. The van der Waals surface area contributed by atoms with Gasteiger partial charge in [0.15, 0.2) is 5.82 Å². The number of carboxylic acid groups (broad SMARTS) is 1. The summed E-state index contributed by atoms with van der Waals surface area (Å²) >= 11 is 5.82. The highest BCUT2D eigenvalue weighted by atomic mass is 35.5. The second kappa shape index (κ2) is 4.42. The third kappa shape index (κ3) is 2.36. The highest BCUT2D eigenvalue weighted by Crippen LogP contribution is 2.24. The fourth-order valence-electron chi connectivity index (χ4n) is 1.34. The summed E-state index contributed by atoms with van der Waals surface area (Å²) < 4.78 is 4.95. The minimum absolute atomic E-state index is 0.0508. The normalized spacial score (nSPS) is 10.2. The largest absolute Gasteiger partial charge is 0.478 e. The zero-order chi connectivity index (χ0) is 12.4. The number of rotatable bonds is 2. The Kier molecular flexibility index (Phi) is 2.97. The lowest BCUT2D eigenvalue weighted by Crippen LogP contribution is -2.11. The van der Waals surface area contributed by atoms with Crippen LogP contribution in [0.15, 0.2) is 18.2 Å². The van der Waals surface area contributed by atoms with Gasteiger partial charge in [-0.15, -0.1) is 0 Å². The van der Waals surface area contributed by atoms with Crippen molar-refractivity contribution in [3.8, 4) is 5.88 Å². The van der Waals surface area contributed by atoms with E-state index in [4.69, 9.17) is 21.4 Å². The van der Waals surface area contributed by atoms with Crippen molar-refractivity contribution in [2.45, 2.75) is 0 Å². The van der Waals surface area contributed by atoms with Crippen molar-refractivity contribution in [3.05, 3.63) is 23.2 Å². The average molecular weight is 254 g/mol. The van der Waals surface area contributed by atoms with Crippen LogP contribution in [0.1, 0.15) is 0 Å². The topological polar surface area (TPSA) is 84.3 Å². The van der Waals surface area contributed by atoms with Gasteiger partial charge in [0.05, 0.1) is 18.1 Å². The Hall–Kier alpha value is -2.08. The lowest BCUT2D eigenvalue weighted by Gasteiger charge is -2.07. The minimum Gasteiger partial charge on any atom is -0.478 e. The van der Waals surface area contributed by atoms with E-state index in [-0.39, 0.29) is 11.7 Å². The Labute approximate surface area is 101 Å². The minimum atomic E-state index is -1.23. The number of nitrogens with one attached hydrogen (secondary N) is 1. The first-order chi connectivity index (χ1) is 8.10. The van der Waals surface area contributed by atoms with Gasteiger partial charge in [-0.05, 0) is 18.2 Å². The number of aromatic nitrogens is 2. The molecule has 0 saturated heterocycles. The van der Waals surface area contributed by atoms with E-state index in [1.54, 1.807) is 18.2 Å². The molecule has 2 N–H and O–H groups in total. The Morgan fingerprint density at radius 3 is 2.82 bits per heavy atom. The van der Waals surface area contributed by atoms with Gasteiger partial charge in [0.25, 0.3) is 5.88 Å². The molecule has 1 amide bonds. The van der Waals surface area contributed by atoms with Gasteiger partial charge >= 0.3 is 6.09 Å². The highest BCUT2D eigenvalue weighted by Gasteiger charge is 2.11. The van der Waals surface area contributed by atoms with Gasteiger partial charge in [-0.3, -0.25) is 5.32 Å². The number of fused-ring (bicyclic) bond motifs is 1. The fourth-order valence-corrected chi connectivity index (χ4v) is 1.50. The molecule has 0 aliphatic heterocycles. The van der Waals surface area contributed by atoms with Crippen molar-refractivity contribution in [1.29, 1.82) is 0 Å². The van der Waals surface area contributed by atoms with Crippen LogP contribution in [0, 0.1) is 0 Å². The summed E-state index contributed by atoms with van der Waals surface area (Å²) in [6.07, 6.45) is -1.23. The molecule has 0 saturated carbocycles. The number of halogens is 1. The van der Waals surface area contributed by atoms with Crippen molar-refractivity contribution in [3.63, 3.8) is 0 Å². The maximum atomic E-state index is 10.6. The van der Waals surface area contributed by atoms with E-state index in [2.05, 4.69) is 15.3 Å². The van der Waals surface area contributed by atoms with E-state index in [0.29, 0.717) is 16.1 Å². The first kappa shape index (κ1) is 11.4. The molecule has 6 nitrogen and oxygen atoms in total. The molecule has 88 valence electrons. The van der Waals surface area contributed by atoms with E-state index in [1.807, 2.05) is 0 Å². The van der Waals surface area contributed by atoms with E-state index >= 15 is 0 Å². The molecule has 0 bridgehead atoms. The van der Waals surface area contributed by atoms with Crippen molar-refractivity contribution >= 4 is 34.5 Å². The maximum Gasteiger partial charge on any atom is 0.410 e. The number of carbonyl (C=O) groups is 1. The third-order valence-corrected chi connectivity index (χ3v) is 2.25. The molecule has 2 aromatic rings. The molecule has 0 spiro atoms. The molecule has 0 aliphatic rings. The molecule has 2 rings (SSSR count). The average Bonchev–Trinajstić information content (AvgIpc) is 2.28. The number of methoxy groups -OCH3 is 1. The predicted molar refractivity (Wildman–Crippen MR) is 62.7 cm³/mol. The first-order valence-electron chi connectivity index (χ1n) is 4.61. The molecule has 1 heterocycles. The van der Waals surface area contributed by atoms with Gasteiger partial charge in [-0.25, -0.2) is 14.8 Å². The highest BCUT2D eigenvalue weighted by molar-refractivity contribution is 6.31. The van der Waals surface area contributed by atoms with Crippen LogP contribution in [0.25, 0.3) is 11.0 Å². The second-order valence-electron chi connectivity index (χ2n) is 3.14. The quantitative estimate of drug-likeness (QED) is 0.858. The number of anilines is 1. The molecular formula is C10H8ClN3O3. The molecule has 0 atom stereocenters. The predicted octanol–water partition coefficient (Wildman–Crippen LogP) is 2.38. The summed E-state index contributed by atoms with van der Waals surface area (Å²) in [6.45, 7) is 0. The summed E-state index contributed by atoms with van der Waals surface area (Å²) in [7, 11) is 1.38. The number of benzene rings is 1. The van der Waals surface area contributed by atoms with Crippen LogP contribution < -0.4 is 10.1 Å². The first-order valence-corrected chi connectivity index (χ1v) is 4.99. The number of hydrogen-bond donors (Lipinski definition) is 2. The Bertz CT molecular complexity index is 588. The van der Waals surface area contributed by atoms with E-state index in [1.165, 1.54) is 7.11 Å². The molecule has 17 heavy (non-hydrogen) atoms. The molecule has 0 aliphatic carbocycles. The van der Waals surface area contributed by atoms with Crippen molar-refractivity contribution in [1.82, 2.24) is 9.97 Å². The Balaban J connectivity index is 2.60. The van der Waals surface area contributed by atoms with Crippen LogP contribution in [-0.4, -0.2) is 28.3 Å². The lowest BCUT2D eigenvalue weighted by molar-refractivity contribution is 0.209. The molecule has 0 radical (unpaired) electrons. The lowest BCUT2D eigenvalue weighted by atomic mass is 10.3. The van der Waals surface area contributed by atoms with E-state index < -0.39 is 6.09 Å². The molecule has 7 heteroatoms. The number of nitrogens with zero attached hydrogens (tertiary/aromatic N) is 2. The number of hydrogen-bond acceptors (Lipinski definition) is 4. The summed E-state index contributed by atoms with van der Waals surface area (Å²) in [5, 5.41) is 11.3. The molecular weight excluding hydrogens is 246 g/mol. The van der Waals surface area contributed by atoms with Gasteiger partial charge in [0, 0.05) is 5.02 Å². The van der Waals surface area contributed by atoms with Crippen LogP contribution in [0.4, 0.5) is 10.6 Å². The summed E-state index contributed by atoms with van der Waals surface area (Å²) in [6, 6.07) is 4.92. The van der Waals surface area contributed by atoms with E-state index in [9.17, 15) is 4.79 Å². The Morgan fingerprint density at radius 2 is 2.18 bits per heavy atom. The second-order valence-corrected chi connectivity index (χ2v) is 3.58. The summed E-state index contributed by atoms with van der Waals surface area (Å²) in [4.78, 5) is 18.8. The molecule has 0 unspecified atom stereocenters. The van der Waals surface area contributed by atoms with Crippen LogP contribution in [0.2, 0.25) is 5.02 Å². The van der Waals surface area contributed by atoms with E-state index in [0.717, 1.165) is 0 Å². The zero-order valence-corrected chi connectivity index (χ0v) is 9.52. The van der Waals surface area contributed by atoms with Crippen LogP contribution in [-0.2, 0) is 0 Å². The van der Waals surface area contributed by atoms with Crippen LogP contribution in [0.3, 0.4) is 0 Å². The summed E-state index contributed by atoms with van der Waals surface area (Å²) in [5.41, 5.74) is 1.06. The van der Waals surface area contributed by atoms with Crippen LogP contribution in [0.5, 0.6) is 5.88 Å². The fraction of sp³-hybridized carbons (Fsp3) is 0.100. The number of ether oxygens (including phenoxy) is 1. The molecule has 0 fully saturated rings. The van der Waals surface area contributed by atoms with Crippen molar-refractivity contribution < 1.29 is 14.6 Å². The van der Waals surface area contributed by atoms with Gasteiger partial charge in [-0.2, -0.15) is 0 Å². The van der Waals surface area contributed by atoms with Gasteiger partial charge in [0.2, 0.25) is 0 Å². The van der Waals surface area contributed by atoms with Crippen LogP contribution >= 0.6 is 11.6 Å². The zero-order valence-electron chi connectivity index (χ0n) is 8.77. The molecule has 1 aromatic carbocycles. The smallest absolute Gasteiger partial charge is 0.410 e.